The largest absolute Gasteiger partial charge is 0.412 e. The molecule has 10 heavy (non-hydrogen) atoms. The fraction of sp³-hybridized carbons (Fsp3) is 1.00. The number of hydrogen-bond acceptors (Lipinski definition) is 3. The molecule has 0 amide bonds. The van der Waals surface area contributed by atoms with E-state index in [4.69, 9.17) is 32.1 Å². The molecule has 0 unspecified atom stereocenters. The van der Waals surface area contributed by atoms with Crippen molar-refractivity contribution in [1.29, 1.82) is 0 Å². The van der Waals surface area contributed by atoms with Crippen LogP contribution >= 0.6 is 28.8 Å². The first kappa shape index (κ1) is 8.98. The predicted octanol–water partition coefficient (Wildman–Crippen LogP) is 1.47. The quantitative estimate of drug-likeness (QED) is 0.657. The van der Waals surface area contributed by atoms with Crippen molar-refractivity contribution >= 4 is 28.8 Å². The van der Waals surface area contributed by atoms with Crippen molar-refractivity contribution in [3.05, 3.63) is 0 Å². The normalized spacial score (nSPS) is 23.1. The number of hydrogen-bond donors (Lipinski definition) is 1. The summed E-state index contributed by atoms with van der Waals surface area (Å²) in [7, 11) is 0. The Labute approximate surface area is 69.9 Å². The van der Waals surface area contributed by atoms with Crippen molar-refractivity contribution in [2.75, 3.05) is 26.3 Å². The molecule has 1 saturated heterocycles. The van der Waals surface area contributed by atoms with Gasteiger partial charge in [-0.2, -0.15) is 4.89 Å². The Morgan fingerprint density at radius 1 is 1.30 bits per heavy atom. The zero-order valence-electron chi connectivity index (χ0n) is 5.33. The average molecular weight is 205 g/mol. The van der Waals surface area contributed by atoms with Crippen LogP contribution < -0.4 is 0 Å². The molecule has 0 aromatic rings. The third kappa shape index (κ3) is 2.50. The Hall–Kier alpha value is 0.890. The van der Waals surface area contributed by atoms with E-state index in [0.717, 1.165) is 0 Å². The van der Waals surface area contributed by atoms with E-state index in [1.54, 1.807) is 4.67 Å². The molecule has 0 atom stereocenters. The van der Waals surface area contributed by atoms with Crippen LogP contribution in [0.4, 0.5) is 0 Å². The van der Waals surface area contributed by atoms with Crippen LogP contribution in [-0.2, 0) is 4.74 Å². The second-order valence-electron chi connectivity index (χ2n) is 2.02. The number of nitrogens with zero attached hydrogens (tertiary/aromatic N) is 1. The van der Waals surface area contributed by atoms with Gasteiger partial charge in [0.1, 0.15) is 0 Å². The summed E-state index contributed by atoms with van der Waals surface area (Å²) in [5.41, 5.74) is 0. The molecule has 0 aromatic heterocycles. The Morgan fingerprint density at radius 2 is 1.80 bits per heavy atom. The monoisotopic (exact) mass is 204 g/mol. The van der Waals surface area contributed by atoms with E-state index in [9.17, 15) is 0 Å². The van der Waals surface area contributed by atoms with Gasteiger partial charge in [0.15, 0.2) is 22.5 Å². The van der Waals surface area contributed by atoms with E-state index in [1.807, 2.05) is 0 Å². The van der Waals surface area contributed by atoms with Crippen LogP contribution in [0.15, 0.2) is 0 Å². The van der Waals surface area contributed by atoms with Crippen molar-refractivity contribution in [3.63, 3.8) is 0 Å². The number of morpholine rings is 1. The van der Waals surface area contributed by atoms with Crippen molar-refractivity contribution in [2.24, 2.45) is 0 Å². The van der Waals surface area contributed by atoms with Crippen LogP contribution in [0.5, 0.6) is 0 Å². The molecule has 0 radical (unpaired) electrons. The van der Waals surface area contributed by atoms with Gasteiger partial charge in [0.2, 0.25) is 0 Å². The summed E-state index contributed by atoms with van der Waals surface area (Å²) in [5, 5.41) is 0. The lowest BCUT2D eigenvalue weighted by Crippen LogP contribution is -2.33. The summed E-state index contributed by atoms with van der Waals surface area (Å²) in [6.07, 6.45) is -2.79. The van der Waals surface area contributed by atoms with E-state index < -0.39 is 6.35 Å². The van der Waals surface area contributed by atoms with Crippen LogP contribution in [0.25, 0.3) is 0 Å². The molecule has 0 aromatic carbocycles. The third-order valence-electron chi connectivity index (χ3n) is 1.33. The molecule has 0 aliphatic carbocycles. The first-order valence-electron chi connectivity index (χ1n) is 2.95. The highest BCUT2D eigenvalue weighted by Gasteiger charge is 2.42. The van der Waals surface area contributed by atoms with Gasteiger partial charge < -0.3 is 4.74 Å². The first-order chi connectivity index (χ1) is 4.61. The second-order valence-corrected chi connectivity index (χ2v) is 6.85. The van der Waals surface area contributed by atoms with Crippen molar-refractivity contribution in [3.8, 4) is 0 Å². The summed E-state index contributed by atoms with van der Waals surface area (Å²) >= 11 is 11.0. The molecule has 1 rings (SSSR count). The Balaban J connectivity index is 2.39. The molecule has 1 N–H and O–H groups in total. The van der Waals surface area contributed by atoms with Crippen LogP contribution in [0, 0.1) is 0 Å². The minimum absolute atomic E-state index is 0.599. The van der Waals surface area contributed by atoms with Crippen molar-refractivity contribution < 1.29 is 9.63 Å². The van der Waals surface area contributed by atoms with Gasteiger partial charge in [-0.05, 0) is 0 Å². The van der Waals surface area contributed by atoms with E-state index in [1.165, 1.54) is 0 Å². The third-order valence-corrected chi connectivity index (χ3v) is 3.69. The highest BCUT2D eigenvalue weighted by molar-refractivity contribution is 8.11. The van der Waals surface area contributed by atoms with E-state index in [-0.39, 0.29) is 0 Å². The molecule has 60 valence electrons. The lowest BCUT2D eigenvalue weighted by molar-refractivity contribution is 0.0721. The molecule has 3 nitrogen and oxygen atoms in total. The van der Waals surface area contributed by atoms with Gasteiger partial charge in [-0.25, -0.2) is 0 Å². The first-order valence-corrected chi connectivity index (χ1v) is 6.45. The van der Waals surface area contributed by atoms with E-state index in [2.05, 4.69) is 0 Å². The molecular weight excluding hydrogens is 196 g/mol. The highest BCUT2D eigenvalue weighted by Crippen LogP contribution is 2.67. The maximum Gasteiger partial charge on any atom is 0.412 e. The zero-order chi connectivity index (χ0) is 7.61. The summed E-state index contributed by atoms with van der Waals surface area (Å²) in [5.74, 6) is 0. The van der Waals surface area contributed by atoms with E-state index in [0.29, 0.717) is 26.3 Å². The number of ether oxygens (including phenoxy) is 1. The fourth-order valence-corrected chi connectivity index (χ4v) is 2.35. The average Bonchev–Trinajstić information content (AvgIpc) is 1.88. The Kier molecular flexibility index (Phi) is 3.17. The van der Waals surface area contributed by atoms with Gasteiger partial charge in [-0.1, -0.05) is 0 Å². The van der Waals surface area contributed by atoms with Gasteiger partial charge in [0, 0.05) is 0 Å². The zero-order valence-corrected chi connectivity index (χ0v) is 7.74. The van der Waals surface area contributed by atoms with Gasteiger partial charge in [-0.15, -0.1) is 4.67 Å². The molecule has 6 heteroatoms. The number of halogens is 2. The van der Waals surface area contributed by atoms with E-state index >= 15 is 0 Å². The van der Waals surface area contributed by atoms with Gasteiger partial charge >= 0.3 is 6.35 Å². The molecule has 1 aliphatic heterocycles. The van der Waals surface area contributed by atoms with Crippen molar-refractivity contribution in [2.45, 2.75) is 0 Å². The smallest absolute Gasteiger partial charge is 0.378 e. The molecular formula is C4H9Cl2NO2P+. The number of rotatable bonds is 1. The maximum absolute atomic E-state index is 9.15. The SMILES string of the molecule is O[P+](Cl)(Cl)N1CCOCC1. The second kappa shape index (κ2) is 3.53. The topological polar surface area (TPSA) is 32.7 Å². The fourth-order valence-electron chi connectivity index (χ4n) is 0.794. The maximum atomic E-state index is 9.15. The summed E-state index contributed by atoms with van der Waals surface area (Å²) in [6, 6.07) is 0. The minimum atomic E-state index is -2.79. The van der Waals surface area contributed by atoms with Crippen LogP contribution in [0.1, 0.15) is 0 Å². The molecule has 1 aliphatic rings. The van der Waals surface area contributed by atoms with Crippen LogP contribution in [0.2, 0.25) is 0 Å². The summed E-state index contributed by atoms with van der Waals surface area (Å²) in [4.78, 5) is 9.15. The molecule has 1 heterocycles. The van der Waals surface area contributed by atoms with Crippen molar-refractivity contribution in [1.82, 2.24) is 4.67 Å². The highest BCUT2D eigenvalue weighted by atomic mass is 35.9. The summed E-state index contributed by atoms with van der Waals surface area (Å²) < 4.78 is 6.69. The molecule has 0 saturated carbocycles. The Bertz CT molecular complexity index is 112. The van der Waals surface area contributed by atoms with Gasteiger partial charge in [0.25, 0.3) is 0 Å². The lowest BCUT2D eigenvalue weighted by atomic mass is 10.5. The van der Waals surface area contributed by atoms with Gasteiger partial charge in [-0.3, -0.25) is 0 Å². The van der Waals surface area contributed by atoms with Crippen LogP contribution in [0.3, 0.4) is 0 Å². The summed E-state index contributed by atoms with van der Waals surface area (Å²) in [6.45, 7) is 2.44. The molecule has 0 spiro atoms. The van der Waals surface area contributed by atoms with Crippen LogP contribution in [-0.4, -0.2) is 35.9 Å². The standard InChI is InChI=1S/C4H9Cl2NO2P/c5-10(6,8)7-1-3-9-4-2-7/h8H,1-4H2/q+1. The van der Waals surface area contributed by atoms with Gasteiger partial charge in [0.05, 0.1) is 26.3 Å². The molecule has 0 bridgehead atoms. The lowest BCUT2D eigenvalue weighted by Gasteiger charge is -2.23. The molecule has 1 fully saturated rings. The Morgan fingerprint density at radius 3 is 2.10 bits per heavy atom. The minimum Gasteiger partial charge on any atom is -0.378 e. The predicted molar refractivity (Wildman–Crippen MR) is 43.2 cm³/mol.